The molecule has 4 nitrogen and oxygen atoms in total. The van der Waals surface area contributed by atoms with E-state index >= 15 is 0 Å². The number of nitrogens with one attached hydrogen (secondary N) is 1. The monoisotopic (exact) mass is 484 g/mol. The number of aromatic nitrogens is 1. The molecule has 0 radical (unpaired) electrons. The van der Waals surface area contributed by atoms with Gasteiger partial charge in [-0.1, -0.05) is 17.7 Å². The summed E-state index contributed by atoms with van der Waals surface area (Å²) in [6, 6.07) is 12.4. The zero-order chi connectivity index (χ0) is 16.9. The van der Waals surface area contributed by atoms with E-state index < -0.39 is 0 Å². The van der Waals surface area contributed by atoms with Crippen molar-refractivity contribution in [2.24, 2.45) is 10.7 Å². The molecule has 3 N–H and O–H groups in total. The van der Waals surface area contributed by atoms with Crippen LogP contribution in [0.3, 0.4) is 0 Å². The number of thiophene rings is 1. The molecule has 0 aliphatic rings. The smallest absolute Gasteiger partial charge is 0.193 e. The lowest BCUT2D eigenvalue weighted by Gasteiger charge is -2.05. The van der Waals surface area contributed by atoms with E-state index in [1.807, 2.05) is 31.2 Å². The molecule has 0 aliphatic carbocycles. The van der Waals surface area contributed by atoms with Crippen molar-refractivity contribution >= 4 is 58.3 Å². The average Bonchev–Trinajstić information content (AvgIpc) is 3.18. The van der Waals surface area contributed by atoms with Gasteiger partial charge in [-0.05, 0) is 38.1 Å². The highest BCUT2D eigenvalue weighted by atomic mass is 127. The maximum absolute atomic E-state index is 5.94. The van der Waals surface area contributed by atoms with Gasteiger partial charge in [0, 0.05) is 28.9 Å². The number of hydrogen-bond acceptors (Lipinski definition) is 4. The van der Waals surface area contributed by atoms with Crippen LogP contribution in [0.4, 0.5) is 5.69 Å². The van der Waals surface area contributed by atoms with E-state index in [4.69, 9.17) is 5.73 Å². The summed E-state index contributed by atoms with van der Waals surface area (Å²) >= 11 is 3.45. The molecule has 0 bridgehead atoms. The molecular weight excluding hydrogens is 463 g/mol. The molecule has 3 aromatic rings. The van der Waals surface area contributed by atoms with Gasteiger partial charge in [0.1, 0.15) is 0 Å². The van der Waals surface area contributed by atoms with Gasteiger partial charge in [-0.3, -0.25) is 4.99 Å². The van der Waals surface area contributed by atoms with Crippen LogP contribution >= 0.6 is 46.7 Å². The van der Waals surface area contributed by atoms with Gasteiger partial charge < -0.3 is 11.1 Å². The summed E-state index contributed by atoms with van der Waals surface area (Å²) in [6.07, 6.45) is 0.879. The number of nitrogens with zero attached hydrogens (tertiary/aromatic N) is 2. The highest BCUT2D eigenvalue weighted by Crippen LogP contribution is 2.29. The lowest BCUT2D eigenvalue weighted by molar-refractivity contribution is 0.983. The van der Waals surface area contributed by atoms with E-state index in [2.05, 4.69) is 39.7 Å². The molecule has 0 atom stereocenters. The van der Waals surface area contributed by atoms with Gasteiger partial charge in [0.05, 0.1) is 15.6 Å². The Labute approximate surface area is 173 Å². The van der Waals surface area contributed by atoms with Crippen molar-refractivity contribution in [2.45, 2.75) is 20.3 Å². The first kappa shape index (κ1) is 19.9. The van der Waals surface area contributed by atoms with Crippen LogP contribution in [0.2, 0.25) is 0 Å². The lowest BCUT2D eigenvalue weighted by Crippen LogP contribution is -2.23. The zero-order valence-electron chi connectivity index (χ0n) is 14.2. The van der Waals surface area contributed by atoms with E-state index in [1.54, 1.807) is 22.7 Å². The standard InChI is InChI=1S/C18H20N4S2.HI/c1-12-3-5-14(6-4-12)22-18(19)20-10-9-15-7-8-17(24-15)16-11-23-13(2)21-16;/h3-8,11H,9-10H2,1-2H3,(H3,19,20,22);1H. The Morgan fingerprint density at radius 3 is 2.60 bits per heavy atom. The highest BCUT2D eigenvalue weighted by Gasteiger charge is 2.06. The van der Waals surface area contributed by atoms with Crippen molar-refractivity contribution in [3.05, 3.63) is 57.2 Å². The Balaban J connectivity index is 0.00000225. The van der Waals surface area contributed by atoms with Crippen molar-refractivity contribution in [1.82, 2.24) is 4.98 Å². The molecule has 0 amide bonds. The number of hydrogen-bond donors (Lipinski definition) is 2. The van der Waals surface area contributed by atoms with E-state index in [0.717, 1.165) is 22.8 Å². The molecule has 2 heterocycles. The summed E-state index contributed by atoms with van der Waals surface area (Å²) < 4.78 is 0. The van der Waals surface area contributed by atoms with Gasteiger partial charge in [0.2, 0.25) is 0 Å². The van der Waals surface area contributed by atoms with Gasteiger partial charge >= 0.3 is 0 Å². The second-order valence-corrected chi connectivity index (χ2v) is 7.76. The van der Waals surface area contributed by atoms with Crippen LogP contribution in [0.15, 0.2) is 46.8 Å². The van der Waals surface area contributed by atoms with Crippen LogP contribution < -0.4 is 11.1 Å². The molecule has 7 heteroatoms. The fourth-order valence-corrected chi connectivity index (χ4v) is 3.88. The Hall–Kier alpha value is -1.45. The van der Waals surface area contributed by atoms with E-state index in [1.165, 1.54) is 15.3 Å². The summed E-state index contributed by atoms with van der Waals surface area (Å²) in [6.45, 7) is 4.76. The number of aliphatic imine (C=N–C) groups is 1. The SMILES string of the molecule is Cc1ccc(NC(N)=NCCc2ccc(-c3csc(C)n3)s2)cc1.I. The molecule has 0 saturated carbocycles. The summed E-state index contributed by atoms with van der Waals surface area (Å²) in [5.74, 6) is 0.450. The maximum Gasteiger partial charge on any atom is 0.193 e. The average molecular weight is 484 g/mol. The number of aryl methyl sites for hydroxylation is 2. The molecule has 132 valence electrons. The number of benzene rings is 1. The van der Waals surface area contributed by atoms with Gasteiger partial charge in [-0.25, -0.2) is 4.98 Å². The van der Waals surface area contributed by atoms with Gasteiger partial charge in [-0.2, -0.15) is 0 Å². The molecule has 0 spiro atoms. The minimum Gasteiger partial charge on any atom is -0.370 e. The van der Waals surface area contributed by atoms with Gasteiger partial charge in [0.15, 0.2) is 5.96 Å². The minimum absolute atomic E-state index is 0. The first-order valence-corrected chi connectivity index (χ1v) is 9.44. The summed E-state index contributed by atoms with van der Waals surface area (Å²) in [4.78, 5) is 11.4. The van der Waals surface area contributed by atoms with Crippen molar-refractivity contribution in [1.29, 1.82) is 0 Å². The molecule has 1 aromatic carbocycles. The maximum atomic E-state index is 5.94. The fraction of sp³-hybridized carbons (Fsp3) is 0.222. The second kappa shape index (κ2) is 9.30. The molecule has 0 unspecified atom stereocenters. The molecular formula is C18H21IN4S2. The van der Waals surface area contributed by atoms with Gasteiger partial charge in [0.25, 0.3) is 0 Å². The molecule has 0 saturated heterocycles. The van der Waals surface area contributed by atoms with Crippen LogP contribution in [0.5, 0.6) is 0 Å². The lowest BCUT2D eigenvalue weighted by atomic mass is 10.2. The molecule has 0 aliphatic heterocycles. The predicted molar refractivity (Wildman–Crippen MR) is 121 cm³/mol. The topological polar surface area (TPSA) is 63.3 Å². The first-order valence-electron chi connectivity index (χ1n) is 7.75. The van der Waals surface area contributed by atoms with Crippen LogP contribution in [0.25, 0.3) is 10.6 Å². The Morgan fingerprint density at radius 2 is 1.92 bits per heavy atom. The third-order valence-corrected chi connectivity index (χ3v) is 5.44. The van der Waals surface area contributed by atoms with Crippen LogP contribution in [-0.2, 0) is 6.42 Å². The highest BCUT2D eigenvalue weighted by molar-refractivity contribution is 14.0. The third kappa shape index (κ3) is 5.79. The largest absolute Gasteiger partial charge is 0.370 e. The second-order valence-electron chi connectivity index (χ2n) is 5.53. The first-order chi connectivity index (χ1) is 11.6. The molecule has 3 rings (SSSR count). The number of anilines is 1. The Morgan fingerprint density at radius 1 is 1.16 bits per heavy atom. The van der Waals surface area contributed by atoms with Crippen molar-refractivity contribution < 1.29 is 0 Å². The van der Waals surface area contributed by atoms with Crippen LogP contribution in [0.1, 0.15) is 15.4 Å². The Kier molecular flexibility index (Phi) is 7.39. The molecule has 2 aromatic heterocycles. The zero-order valence-corrected chi connectivity index (χ0v) is 18.1. The number of nitrogens with two attached hydrogens (primary N) is 1. The number of guanidine groups is 1. The molecule has 0 fully saturated rings. The van der Waals surface area contributed by atoms with Crippen LogP contribution in [-0.4, -0.2) is 17.5 Å². The van der Waals surface area contributed by atoms with Crippen molar-refractivity contribution in [3.63, 3.8) is 0 Å². The molecule has 25 heavy (non-hydrogen) atoms. The van der Waals surface area contributed by atoms with E-state index in [0.29, 0.717) is 12.5 Å². The summed E-state index contributed by atoms with van der Waals surface area (Å²) in [5, 5.41) is 6.31. The number of halogens is 1. The van der Waals surface area contributed by atoms with Crippen LogP contribution in [0, 0.1) is 13.8 Å². The Bertz CT molecular complexity index is 837. The normalized spacial score (nSPS) is 11.2. The quantitative estimate of drug-likeness (QED) is 0.302. The third-order valence-electron chi connectivity index (χ3n) is 3.50. The predicted octanol–water partition coefficient (Wildman–Crippen LogP) is 5.08. The van der Waals surface area contributed by atoms with Crippen molar-refractivity contribution in [2.75, 3.05) is 11.9 Å². The van der Waals surface area contributed by atoms with Crippen molar-refractivity contribution in [3.8, 4) is 10.6 Å². The van der Waals surface area contributed by atoms with Gasteiger partial charge in [-0.15, -0.1) is 46.7 Å². The van der Waals surface area contributed by atoms with E-state index in [-0.39, 0.29) is 24.0 Å². The number of rotatable bonds is 5. The van der Waals surface area contributed by atoms with E-state index in [9.17, 15) is 0 Å². The number of thiazole rings is 1. The fourth-order valence-electron chi connectivity index (χ4n) is 2.24. The summed E-state index contributed by atoms with van der Waals surface area (Å²) in [5.41, 5.74) is 9.19. The summed E-state index contributed by atoms with van der Waals surface area (Å²) in [7, 11) is 0. The minimum atomic E-state index is 0.